The second-order valence-corrected chi connectivity index (χ2v) is 3.21. The van der Waals surface area contributed by atoms with Gasteiger partial charge >= 0.3 is 0 Å². The Morgan fingerprint density at radius 2 is 2.50 bits per heavy atom. The molecule has 0 radical (unpaired) electrons. The van der Waals surface area contributed by atoms with Crippen LogP contribution in [-0.4, -0.2) is 12.1 Å². The van der Waals surface area contributed by atoms with Gasteiger partial charge in [0.2, 0.25) is 0 Å². The van der Waals surface area contributed by atoms with Gasteiger partial charge < -0.3 is 4.74 Å². The van der Waals surface area contributed by atoms with E-state index in [2.05, 4.69) is 11.9 Å². The van der Waals surface area contributed by atoms with Gasteiger partial charge in [-0.2, -0.15) is 0 Å². The standard InChI is InChI=1S/C7H11NOS/c1-3-6-4-8-7(10-6)5-9-2/h4H,3,5H2,1-2H3. The first-order valence-corrected chi connectivity index (χ1v) is 4.11. The number of hydrogen-bond acceptors (Lipinski definition) is 3. The summed E-state index contributed by atoms with van der Waals surface area (Å²) in [7, 11) is 1.69. The van der Waals surface area contributed by atoms with E-state index in [4.69, 9.17) is 4.74 Å². The molecule has 0 saturated carbocycles. The highest BCUT2D eigenvalue weighted by atomic mass is 32.1. The van der Waals surface area contributed by atoms with E-state index < -0.39 is 0 Å². The van der Waals surface area contributed by atoms with E-state index in [1.54, 1.807) is 18.4 Å². The van der Waals surface area contributed by atoms with Gasteiger partial charge in [-0.15, -0.1) is 11.3 Å². The first kappa shape index (κ1) is 7.69. The lowest BCUT2D eigenvalue weighted by Gasteiger charge is -1.88. The van der Waals surface area contributed by atoms with Crippen molar-refractivity contribution >= 4 is 11.3 Å². The summed E-state index contributed by atoms with van der Waals surface area (Å²) < 4.78 is 4.93. The molecular formula is C7H11NOS. The Morgan fingerprint density at radius 3 is 3.00 bits per heavy atom. The van der Waals surface area contributed by atoms with E-state index in [0.29, 0.717) is 6.61 Å². The van der Waals surface area contributed by atoms with Gasteiger partial charge in [-0.25, -0.2) is 4.98 Å². The van der Waals surface area contributed by atoms with Crippen molar-refractivity contribution in [3.63, 3.8) is 0 Å². The predicted molar refractivity (Wildman–Crippen MR) is 42.2 cm³/mol. The van der Waals surface area contributed by atoms with Crippen molar-refractivity contribution in [1.29, 1.82) is 0 Å². The molecule has 1 rings (SSSR count). The number of nitrogens with zero attached hydrogens (tertiary/aromatic N) is 1. The summed E-state index contributed by atoms with van der Waals surface area (Å²) in [6.45, 7) is 2.77. The fraction of sp³-hybridized carbons (Fsp3) is 0.571. The third kappa shape index (κ3) is 1.78. The molecule has 2 nitrogen and oxygen atoms in total. The van der Waals surface area contributed by atoms with Crippen LogP contribution in [0.15, 0.2) is 6.20 Å². The Bertz CT molecular complexity index is 197. The molecule has 0 aliphatic carbocycles. The van der Waals surface area contributed by atoms with Crippen LogP contribution in [-0.2, 0) is 17.8 Å². The van der Waals surface area contributed by atoms with Crippen LogP contribution < -0.4 is 0 Å². The van der Waals surface area contributed by atoms with E-state index in [-0.39, 0.29) is 0 Å². The van der Waals surface area contributed by atoms with Gasteiger partial charge in [-0.1, -0.05) is 6.92 Å². The molecule has 0 spiro atoms. The van der Waals surface area contributed by atoms with Gasteiger partial charge in [0.05, 0.1) is 6.61 Å². The van der Waals surface area contributed by atoms with E-state index in [0.717, 1.165) is 11.4 Å². The zero-order chi connectivity index (χ0) is 7.40. The highest BCUT2D eigenvalue weighted by Gasteiger charge is 1.97. The summed E-state index contributed by atoms with van der Waals surface area (Å²) >= 11 is 1.72. The van der Waals surface area contributed by atoms with Gasteiger partial charge in [0.1, 0.15) is 5.01 Å². The zero-order valence-corrected chi connectivity index (χ0v) is 7.07. The molecule has 1 heterocycles. The van der Waals surface area contributed by atoms with Crippen molar-refractivity contribution in [2.45, 2.75) is 20.0 Å². The zero-order valence-electron chi connectivity index (χ0n) is 6.26. The largest absolute Gasteiger partial charge is 0.378 e. The molecule has 0 unspecified atom stereocenters. The van der Waals surface area contributed by atoms with Crippen LogP contribution in [0.1, 0.15) is 16.8 Å². The van der Waals surface area contributed by atoms with Crippen molar-refractivity contribution in [3.05, 3.63) is 16.1 Å². The van der Waals surface area contributed by atoms with Crippen molar-refractivity contribution in [2.24, 2.45) is 0 Å². The van der Waals surface area contributed by atoms with Crippen LogP contribution in [0, 0.1) is 0 Å². The quantitative estimate of drug-likeness (QED) is 0.668. The summed E-state index contributed by atoms with van der Waals surface area (Å²) in [4.78, 5) is 5.50. The van der Waals surface area contributed by atoms with Gasteiger partial charge in [0.15, 0.2) is 0 Å². The molecule has 0 aliphatic rings. The average molecular weight is 157 g/mol. The van der Waals surface area contributed by atoms with Crippen LogP contribution >= 0.6 is 11.3 Å². The molecule has 1 aromatic rings. The van der Waals surface area contributed by atoms with Gasteiger partial charge in [0.25, 0.3) is 0 Å². The van der Waals surface area contributed by atoms with E-state index in [1.165, 1.54) is 4.88 Å². The van der Waals surface area contributed by atoms with E-state index in [9.17, 15) is 0 Å². The first-order chi connectivity index (χ1) is 4.86. The number of hydrogen-bond donors (Lipinski definition) is 0. The van der Waals surface area contributed by atoms with Crippen LogP contribution in [0.3, 0.4) is 0 Å². The number of thiazole rings is 1. The second kappa shape index (κ2) is 3.68. The summed E-state index contributed by atoms with van der Waals surface area (Å²) in [6.07, 6.45) is 2.99. The molecule has 0 atom stereocenters. The summed E-state index contributed by atoms with van der Waals surface area (Å²) in [5.74, 6) is 0. The topological polar surface area (TPSA) is 22.1 Å². The number of aromatic nitrogens is 1. The minimum absolute atomic E-state index is 0.644. The lowest BCUT2D eigenvalue weighted by atomic mass is 10.4. The monoisotopic (exact) mass is 157 g/mol. The molecule has 0 amide bonds. The summed E-state index contributed by atoms with van der Waals surface area (Å²) in [5.41, 5.74) is 0. The maximum Gasteiger partial charge on any atom is 0.119 e. The Balaban J connectivity index is 2.59. The Kier molecular flexibility index (Phi) is 2.83. The first-order valence-electron chi connectivity index (χ1n) is 3.29. The minimum Gasteiger partial charge on any atom is -0.378 e. The lowest BCUT2D eigenvalue weighted by molar-refractivity contribution is 0.184. The van der Waals surface area contributed by atoms with E-state index in [1.807, 2.05) is 6.20 Å². The minimum atomic E-state index is 0.644. The van der Waals surface area contributed by atoms with Crippen LogP contribution in [0.5, 0.6) is 0 Å². The third-order valence-corrected chi connectivity index (χ3v) is 2.33. The van der Waals surface area contributed by atoms with Crippen molar-refractivity contribution < 1.29 is 4.74 Å². The molecule has 0 saturated heterocycles. The molecule has 0 fully saturated rings. The lowest BCUT2D eigenvalue weighted by Crippen LogP contribution is -1.82. The molecule has 3 heteroatoms. The summed E-state index contributed by atoms with van der Waals surface area (Å²) in [6, 6.07) is 0. The van der Waals surface area contributed by atoms with Gasteiger partial charge in [-0.3, -0.25) is 0 Å². The predicted octanol–water partition coefficient (Wildman–Crippen LogP) is 1.85. The molecule has 0 aromatic carbocycles. The number of rotatable bonds is 3. The van der Waals surface area contributed by atoms with Crippen molar-refractivity contribution in [3.8, 4) is 0 Å². The SMILES string of the molecule is CCc1cnc(COC)s1. The molecule has 0 bridgehead atoms. The van der Waals surface area contributed by atoms with Crippen molar-refractivity contribution in [1.82, 2.24) is 4.98 Å². The fourth-order valence-electron chi connectivity index (χ4n) is 0.702. The molecule has 1 aromatic heterocycles. The molecular weight excluding hydrogens is 146 g/mol. The normalized spacial score (nSPS) is 10.2. The highest BCUT2D eigenvalue weighted by molar-refractivity contribution is 7.11. The Labute approximate surface area is 64.9 Å². The maximum absolute atomic E-state index is 4.93. The molecule has 0 N–H and O–H groups in total. The fourth-order valence-corrected chi connectivity index (χ4v) is 1.54. The van der Waals surface area contributed by atoms with Crippen LogP contribution in [0.4, 0.5) is 0 Å². The average Bonchev–Trinajstić information content (AvgIpc) is 2.37. The van der Waals surface area contributed by atoms with Gasteiger partial charge in [-0.05, 0) is 6.42 Å². The van der Waals surface area contributed by atoms with Gasteiger partial charge in [0, 0.05) is 18.2 Å². The Hall–Kier alpha value is -0.410. The smallest absolute Gasteiger partial charge is 0.119 e. The molecule has 56 valence electrons. The summed E-state index contributed by atoms with van der Waals surface area (Å²) in [5, 5.41) is 1.07. The van der Waals surface area contributed by atoms with Crippen molar-refractivity contribution in [2.75, 3.05) is 7.11 Å². The number of methoxy groups -OCH3 is 1. The third-order valence-electron chi connectivity index (χ3n) is 1.22. The molecule has 0 aliphatic heterocycles. The number of aryl methyl sites for hydroxylation is 1. The number of ether oxygens (including phenoxy) is 1. The second-order valence-electron chi connectivity index (χ2n) is 2.01. The Morgan fingerprint density at radius 1 is 1.70 bits per heavy atom. The van der Waals surface area contributed by atoms with Crippen LogP contribution in [0.2, 0.25) is 0 Å². The van der Waals surface area contributed by atoms with Crippen LogP contribution in [0.25, 0.3) is 0 Å². The maximum atomic E-state index is 4.93. The van der Waals surface area contributed by atoms with E-state index >= 15 is 0 Å². The highest BCUT2D eigenvalue weighted by Crippen LogP contribution is 2.13. The molecule has 10 heavy (non-hydrogen) atoms.